The van der Waals surface area contributed by atoms with E-state index in [0.29, 0.717) is 23.7 Å². The molecule has 6 heteroatoms. The molecule has 6 nitrogen and oxygen atoms in total. The van der Waals surface area contributed by atoms with E-state index in [4.69, 9.17) is 0 Å². The highest BCUT2D eigenvalue weighted by atomic mass is 16.2. The summed E-state index contributed by atoms with van der Waals surface area (Å²) in [6.07, 6.45) is 4.06. The fourth-order valence-corrected chi connectivity index (χ4v) is 2.75. The van der Waals surface area contributed by atoms with Gasteiger partial charge < -0.3 is 5.32 Å². The first-order valence-electron chi connectivity index (χ1n) is 7.51. The molecule has 0 aromatic carbocycles. The lowest BCUT2D eigenvalue weighted by molar-refractivity contribution is 0.0925. The van der Waals surface area contributed by atoms with Gasteiger partial charge in [-0.1, -0.05) is 12.1 Å². The lowest BCUT2D eigenvalue weighted by Gasteiger charge is -2.20. The predicted molar refractivity (Wildman–Crippen MR) is 75.4 cm³/mol. The van der Waals surface area contributed by atoms with Crippen molar-refractivity contribution in [1.82, 2.24) is 25.2 Å². The monoisotopic (exact) mass is 277 g/mol. The number of amides is 1. The number of rotatable bonds is 4. The van der Waals surface area contributed by atoms with Crippen LogP contribution in [-0.4, -0.2) is 51.0 Å². The van der Waals surface area contributed by atoms with Gasteiger partial charge in [-0.25, -0.2) is 4.68 Å². The van der Waals surface area contributed by atoms with Crippen molar-refractivity contribution in [3.05, 3.63) is 11.9 Å². The smallest absolute Gasteiger partial charge is 0.273 e. The first-order chi connectivity index (χ1) is 9.54. The van der Waals surface area contributed by atoms with Crippen molar-refractivity contribution in [3.8, 4) is 0 Å². The lowest BCUT2D eigenvalue weighted by Crippen LogP contribution is -2.40. The van der Waals surface area contributed by atoms with E-state index in [2.05, 4.69) is 41.3 Å². The first kappa shape index (κ1) is 13.5. The van der Waals surface area contributed by atoms with E-state index >= 15 is 0 Å². The summed E-state index contributed by atoms with van der Waals surface area (Å²) >= 11 is 0. The number of aromatic nitrogens is 3. The molecule has 1 aliphatic carbocycles. The molecule has 1 amide bonds. The molecule has 1 aromatic heterocycles. The van der Waals surface area contributed by atoms with Gasteiger partial charge in [-0.2, -0.15) is 0 Å². The van der Waals surface area contributed by atoms with E-state index in [1.807, 2.05) is 4.68 Å². The molecule has 2 heterocycles. The quantitative estimate of drug-likeness (QED) is 0.894. The third-order valence-electron chi connectivity index (χ3n) is 4.35. The summed E-state index contributed by atoms with van der Waals surface area (Å²) in [6, 6.07) is 1.19. The Morgan fingerprint density at radius 2 is 2.15 bits per heavy atom. The van der Waals surface area contributed by atoms with Crippen LogP contribution in [0.5, 0.6) is 0 Å². The van der Waals surface area contributed by atoms with Crippen molar-refractivity contribution < 1.29 is 4.79 Å². The Morgan fingerprint density at radius 1 is 1.40 bits per heavy atom. The highest BCUT2D eigenvalue weighted by Crippen LogP contribution is 2.33. The number of hydrogen-bond acceptors (Lipinski definition) is 4. The summed E-state index contributed by atoms with van der Waals surface area (Å²) in [5.41, 5.74) is 0.437. The minimum Gasteiger partial charge on any atom is -0.346 e. The van der Waals surface area contributed by atoms with E-state index in [1.54, 1.807) is 6.20 Å². The molecule has 2 aliphatic rings. The molecule has 2 fully saturated rings. The van der Waals surface area contributed by atoms with E-state index in [9.17, 15) is 4.79 Å². The summed E-state index contributed by atoms with van der Waals surface area (Å²) in [5.74, 6) is 0.374. The first-order valence-corrected chi connectivity index (χ1v) is 7.51. The van der Waals surface area contributed by atoms with Gasteiger partial charge in [0.25, 0.3) is 5.91 Å². The van der Waals surface area contributed by atoms with Gasteiger partial charge in [0.2, 0.25) is 0 Å². The summed E-state index contributed by atoms with van der Waals surface area (Å²) < 4.78 is 1.81. The molecule has 110 valence electrons. The van der Waals surface area contributed by atoms with E-state index < -0.39 is 0 Å². The Hall–Kier alpha value is -1.43. The highest BCUT2D eigenvalue weighted by Gasteiger charge is 2.33. The standard InChI is InChI=1S/C14H23N5O/c1-9(2)18-6-10(3)12(7-18)15-14(20)13-8-19(17-16-13)11-4-5-11/h8-12H,4-7H2,1-3H3,(H,15,20)/t10-,12+/m1/s1. The fraction of sp³-hybridized carbons (Fsp3) is 0.786. The zero-order chi connectivity index (χ0) is 14.3. The van der Waals surface area contributed by atoms with Gasteiger partial charge in [-0.3, -0.25) is 9.69 Å². The molecule has 3 rings (SSSR count). The highest BCUT2D eigenvalue weighted by molar-refractivity contribution is 5.92. The second-order valence-electron chi connectivity index (χ2n) is 6.42. The van der Waals surface area contributed by atoms with Crippen molar-refractivity contribution in [2.75, 3.05) is 13.1 Å². The average Bonchev–Trinajstić information content (AvgIpc) is 3.01. The molecule has 1 aliphatic heterocycles. The average molecular weight is 277 g/mol. The van der Waals surface area contributed by atoms with Gasteiger partial charge in [-0.05, 0) is 32.6 Å². The number of carbonyl (C=O) groups excluding carboxylic acids is 1. The Labute approximate surface area is 119 Å². The fourth-order valence-electron chi connectivity index (χ4n) is 2.75. The van der Waals surface area contributed by atoms with Crippen LogP contribution in [0.1, 0.15) is 50.1 Å². The zero-order valence-electron chi connectivity index (χ0n) is 12.4. The molecule has 1 aromatic rings. The van der Waals surface area contributed by atoms with Crippen LogP contribution in [0.4, 0.5) is 0 Å². The number of nitrogens with zero attached hydrogens (tertiary/aromatic N) is 4. The van der Waals surface area contributed by atoms with E-state index in [-0.39, 0.29) is 11.9 Å². The zero-order valence-corrected chi connectivity index (χ0v) is 12.4. The van der Waals surface area contributed by atoms with Gasteiger partial charge in [0.05, 0.1) is 12.2 Å². The van der Waals surface area contributed by atoms with Crippen molar-refractivity contribution in [3.63, 3.8) is 0 Å². The van der Waals surface area contributed by atoms with Crippen molar-refractivity contribution in [2.24, 2.45) is 5.92 Å². The molecule has 20 heavy (non-hydrogen) atoms. The van der Waals surface area contributed by atoms with E-state index in [1.165, 1.54) is 0 Å². The Kier molecular flexibility index (Phi) is 3.50. The molecule has 1 saturated carbocycles. The third-order valence-corrected chi connectivity index (χ3v) is 4.35. The van der Waals surface area contributed by atoms with Crippen LogP contribution in [0.2, 0.25) is 0 Å². The van der Waals surface area contributed by atoms with Gasteiger partial charge in [0.1, 0.15) is 0 Å². The van der Waals surface area contributed by atoms with Crippen LogP contribution >= 0.6 is 0 Å². The predicted octanol–water partition coefficient (Wildman–Crippen LogP) is 1.07. The van der Waals surface area contributed by atoms with Crippen LogP contribution in [0.25, 0.3) is 0 Å². The maximum absolute atomic E-state index is 12.2. The van der Waals surface area contributed by atoms with Crippen LogP contribution < -0.4 is 5.32 Å². The second kappa shape index (κ2) is 5.16. The molecule has 0 radical (unpaired) electrons. The Morgan fingerprint density at radius 3 is 2.75 bits per heavy atom. The molecule has 2 atom stereocenters. The number of carbonyl (C=O) groups is 1. The van der Waals surface area contributed by atoms with Gasteiger partial charge >= 0.3 is 0 Å². The van der Waals surface area contributed by atoms with Crippen LogP contribution in [0.3, 0.4) is 0 Å². The molecule has 0 unspecified atom stereocenters. The molecule has 1 N–H and O–H groups in total. The SMILES string of the molecule is CC(C)N1C[C@@H](C)[C@@H](NC(=O)c2cn(C3CC3)nn2)C1. The summed E-state index contributed by atoms with van der Waals surface area (Å²) in [7, 11) is 0. The topological polar surface area (TPSA) is 63.1 Å². The van der Waals surface area contributed by atoms with Crippen molar-refractivity contribution in [2.45, 2.75) is 51.7 Å². The summed E-state index contributed by atoms with van der Waals surface area (Å²) in [6.45, 7) is 8.53. The summed E-state index contributed by atoms with van der Waals surface area (Å²) in [4.78, 5) is 14.6. The van der Waals surface area contributed by atoms with Crippen molar-refractivity contribution >= 4 is 5.91 Å². The van der Waals surface area contributed by atoms with Gasteiger partial charge in [-0.15, -0.1) is 5.10 Å². The second-order valence-corrected chi connectivity index (χ2v) is 6.42. The minimum absolute atomic E-state index is 0.0978. The lowest BCUT2D eigenvalue weighted by atomic mass is 10.1. The maximum atomic E-state index is 12.2. The van der Waals surface area contributed by atoms with Crippen LogP contribution in [0.15, 0.2) is 6.20 Å². The van der Waals surface area contributed by atoms with Crippen molar-refractivity contribution in [1.29, 1.82) is 0 Å². The third kappa shape index (κ3) is 2.70. The Balaban J connectivity index is 1.60. The molecular weight excluding hydrogens is 254 g/mol. The molecule has 0 spiro atoms. The van der Waals surface area contributed by atoms with Gasteiger partial charge in [0, 0.05) is 25.2 Å². The number of nitrogens with one attached hydrogen (secondary N) is 1. The number of likely N-dealkylation sites (tertiary alicyclic amines) is 1. The molecular formula is C14H23N5O. The Bertz CT molecular complexity index is 494. The van der Waals surface area contributed by atoms with Crippen LogP contribution in [-0.2, 0) is 0 Å². The summed E-state index contributed by atoms with van der Waals surface area (Å²) in [5, 5.41) is 11.1. The molecule has 0 bridgehead atoms. The van der Waals surface area contributed by atoms with Gasteiger partial charge in [0.15, 0.2) is 5.69 Å². The minimum atomic E-state index is -0.0978. The van der Waals surface area contributed by atoms with E-state index in [0.717, 1.165) is 25.9 Å². The largest absolute Gasteiger partial charge is 0.346 e. The normalized spacial score (nSPS) is 27.2. The van der Waals surface area contributed by atoms with Crippen LogP contribution in [0, 0.1) is 5.92 Å². The maximum Gasteiger partial charge on any atom is 0.273 e. The molecule has 1 saturated heterocycles. The number of hydrogen-bond donors (Lipinski definition) is 1.